The van der Waals surface area contributed by atoms with Crippen molar-refractivity contribution in [1.82, 2.24) is 15.3 Å². The van der Waals surface area contributed by atoms with Crippen LogP contribution in [-0.2, 0) is 5.41 Å². The Labute approximate surface area is 326 Å². The van der Waals surface area contributed by atoms with Gasteiger partial charge in [0.2, 0.25) is 0 Å². The molecule has 3 aliphatic heterocycles. The van der Waals surface area contributed by atoms with E-state index in [0.717, 1.165) is 11.5 Å². The van der Waals surface area contributed by atoms with Crippen molar-refractivity contribution in [3.05, 3.63) is 239 Å². The molecule has 4 nitrogen and oxygen atoms in total. The van der Waals surface area contributed by atoms with Gasteiger partial charge in [0.05, 0.1) is 5.41 Å². The molecule has 0 radical (unpaired) electrons. The standard InChI is InChI=1S/C52H37N3O/c1-3-15-34(16-4-1)49-53-50(55-51(54(49)55)35-17-5-2-6-18-35)40-22-14-21-38(32-40)36-19-13-20-37(31-36)39-29-30-44-42(33-39)41-23-7-8-24-43(41)52(44)45-25-9-11-27-47(45)56-48-28-12-10-26-46(48)52/h1-33,49-51,53H. The summed E-state index contributed by atoms with van der Waals surface area (Å²) in [5, 5.41) is 8.93. The largest absolute Gasteiger partial charge is 0.457 e. The number of fused-ring (bicyclic) bond motifs is 10. The van der Waals surface area contributed by atoms with Gasteiger partial charge in [0.1, 0.15) is 30.0 Å². The van der Waals surface area contributed by atoms with Gasteiger partial charge in [0.15, 0.2) is 0 Å². The molecule has 2 fully saturated rings. The highest BCUT2D eigenvalue weighted by atomic mass is 16.5. The Kier molecular flexibility index (Phi) is 6.93. The lowest BCUT2D eigenvalue weighted by atomic mass is 9.66. The Morgan fingerprint density at radius 3 is 1.57 bits per heavy atom. The van der Waals surface area contributed by atoms with Crippen molar-refractivity contribution >= 4 is 0 Å². The van der Waals surface area contributed by atoms with Crippen LogP contribution in [0.1, 0.15) is 57.4 Å². The van der Waals surface area contributed by atoms with E-state index in [1.165, 1.54) is 72.3 Å². The number of hydrogen-bond acceptors (Lipinski definition) is 4. The second-order valence-corrected chi connectivity index (χ2v) is 15.3. The minimum atomic E-state index is -0.460. The molecule has 0 amide bonds. The first-order valence-corrected chi connectivity index (χ1v) is 19.5. The molecule has 0 aromatic heterocycles. The average Bonchev–Trinajstić information content (AvgIpc) is 3.77. The van der Waals surface area contributed by atoms with Crippen LogP contribution in [0.25, 0.3) is 33.4 Å². The normalized spacial score (nSPS) is 21.6. The van der Waals surface area contributed by atoms with Gasteiger partial charge in [-0.2, -0.15) is 10.0 Å². The third-order valence-corrected chi connectivity index (χ3v) is 12.3. The molecule has 4 aliphatic rings. The van der Waals surface area contributed by atoms with Gasteiger partial charge in [-0.25, -0.2) is 0 Å². The number of hydrazine groups is 1. The SMILES string of the molecule is c1ccc(C2NC(c3cccc(-c4cccc(-c5ccc6c(c5)-c5ccccc5C65c6ccccc6Oc6ccccc65)c4)c3)N3C(c4ccccc4)N23)cc1. The van der Waals surface area contributed by atoms with E-state index in [2.05, 4.69) is 216 Å². The van der Waals surface area contributed by atoms with Crippen LogP contribution in [0.2, 0.25) is 0 Å². The topological polar surface area (TPSA) is 27.3 Å². The molecule has 5 unspecified atom stereocenters. The number of benzene rings is 8. The molecule has 0 saturated carbocycles. The third kappa shape index (κ3) is 4.58. The maximum atomic E-state index is 6.53. The minimum Gasteiger partial charge on any atom is -0.457 e. The lowest BCUT2D eigenvalue weighted by Crippen LogP contribution is -2.32. The predicted octanol–water partition coefficient (Wildman–Crippen LogP) is 12.0. The first-order valence-electron chi connectivity index (χ1n) is 19.5. The Morgan fingerprint density at radius 2 is 0.875 bits per heavy atom. The van der Waals surface area contributed by atoms with Gasteiger partial charge < -0.3 is 4.74 Å². The molecular formula is C52H37N3O. The first-order chi connectivity index (χ1) is 27.8. The van der Waals surface area contributed by atoms with Crippen LogP contribution in [-0.4, -0.2) is 10.0 Å². The van der Waals surface area contributed by atoms with Crippen molar-refractivity contribution in [3.8, 4) is 44.9 Å². The van der Waals surface area contributed by atoms with E-state index in [-0.39, 0.29) is 18.5 Å². The number of nitrogens with one attached hydrogen (secondary N) is 1. The summed E-state index contributed by atoms with van der Waals surface area (Å²) in [6.45, 7) is 0. The number of hydrogen-bond donors (Lipinski definition) is 1. The zero-order valence-electron chi connectivity index (χ0n) is 30.6. The number of para-hydroxylation sites is 2. The van der Waals surface area contributed by atoms with Crippen molar-refractivity contribution in [2.24, 2.45) is 0 Å². The smallest absolute Gasteiger partial charge is 0.132 e. The van der Waals surface area contributed by atoms with E-state index in [1.807, 2.05) is 0 Å². The van der Waals surface area contributed by atoms with Gasteiger partial charge >= 0.3 is 0 Å². The zero-order valence-corrected chi connectivity index (χ0v) is 30.6. The lowest BCUT2D eigenvalue weighted by Gasteiger charge is -2.39. The molecule has 266 valence electrons. The van der Waals surface area contributed by atoms with Crippen LogP contribution < -0.4 is 10.1 Å². The van der Waals surface area contributed by atoms with Crippen LogP contribution in [0.3, 0.4) is 0 Å². The number of rotatable bonds is 5. The molecular weight excluding hydrogens is 683 g/mol. The summed E-state index contributed by atoms with van der Waals surface area (Å²) in [7, 11) is 0. The van der Waals surface area contributed by atoms with Gasteiger partial charge in [0, 0.05) is 11.1 Å². The van der Waals surface area contributed by atoms with Gasteiger partial charge in [-0.05, 0) is 91.5 Å². The number of nitrogens with zero attached hydrogens (tertiary/aromatic N) is 2. The fourth-order valence-corrected chi connectivity index (χ4v) is 9.92. The van der Waals surface area contributed by atoms with E-state index in [1.54, 1.807) is 0 Å². The van der Waals surface area contributed by atoms with Crippen molar-refractivity contribution in [2.45, 2.75) is 23.9 Å². The van der Waals surface area contributed by atoms with E-state index < -0.39 is 5.41 Å². The Morgan fingerprint density at radius 1 is 0.375 bits per heavy atom. The summed E-state index contributed by atoms with van der Waals surface area (Å²) < 4.78 is 6.53. The van der Waals surface area contributed by atoms with E-state index in [4.69, 9.17) is 4.74 Å². The fraction of sp³-hybridized carbons (Fsp3) is 0.0769. The molecule has 2 saturated heterocycles. The molecule has 4 heteroatoms. The second-order valence-electron chi connectivity index (χ2n) is 15.3. The molecule has 5 atom stereocenters. The van der Waals surface area contributed by atoms with Crippen molar-refractivity contribution in [1.29, 1.82) is 0 Å². The Bertz CT molecular complexity index is 2770. The third-order valence-electron chi connectivity index (χ3n) is 12.3. The molecule has 0 bridgehead atoms. The Balaban J connectivity index is 0.925. The molecule has 12 rings (SSSR count). The molecule has 8 aromatic rings. The van der Waals surface area contributed by atoms with E-state index >= 15 is 0 Å². The van der Waals surface area contributed by atoms with Gasteiger partial charge in [-0.1, -0.05) is 170 Å². The van der Waals surface area contributed by atoms with Crippen LogP contribution in [0, 0.1) is 0 Å². The van der Waals surface area contributed by atoms with E-state index in [0.29, 0.717) is 0 Å². The molecule has 56 heavy (non-hydrogen) atoms. The fourth-order valence-electron chi connectivity index (χ4n) is 9.92. The summed E-state index contributed by atoms with van der Waals surface area (Å²) in [4.78, 5) is 0. The van der Waals surface area contributed by atoms with Crippen LogP contribution >= 0.6 is 0 Å². The highest BCUT2D eigenvalue weighted by Gasteiger charge is 2.60. The van der Waals surface area contributed by atoms with Gasteiger partial charge in [-0.15, -0.1) is 0 Å². The average molecular weight is 720 g/mol. The van der Waals surface area contributed by atoms with Crippen LogP contribution in [0.15, 0.2) is 200 Å². The van der Waals surface area contributed by atoms with Crippen LogP contribution in [0.4, 0.5) is 0 Å². The van der Waals surface area contributed by atoms with Crippen molar-refractivity contribution in [3.63, 3.8) is 0 Å². The number of ether oxygens (including phenoxy) is 1. The monoisotopic (exact) mass is 719 g/mol. The molecule has 1 aliphatic carbocycles. The highest BCUT2D eigenvalue weighted by molar-refractivity contribution is 5.91. The van der Waals surface area contributed by atoms with Crippen molar-refractivity contribution in [2.75, 3.05) is 0 Å². The highest BCUT2D eigenvalue weighted by Crippen LogP contribution is 2.62. The summed E-state index contributed by atoms with van der Waals surface area (Å²) in [5.41, 5.74) is 15.7. The van der Waals surface area contributed by atoms with Gasteiger partial charge in [-0.3, -0.25) is 5.32 Å². The quantitative estimate of drug-likeness (QED) is 0.179. The van der Waals surface area contributed by atoms with Crippen LogP contribution in [0.5, 0.6) is 11.5 Å². The summed E-state index contributed by atoms with van der Waals surface area (Å²) >= 11 is 0. The molecule has 8 aromatic carbocycles. The minimum absolute atomic E-state index is 0.0538. The summed E-state index contributed by atoms with van der Waals surface area (Å²) in [5.74, 6) is 1.83. The second kappa shape index (κ2) is 12.2. The zero-order chi connectivity index (χ0) is 36.8. The molecule has 3 heterocycles. The maximum Gasteiger partial charge on any atom is 0.132 e. The van der Waals surface area contributed by atoms with E-state index in [9.17, 15) is 0 Å². The molecule has 1 N–H and O–H groups in total. The molecule has 1 spiro atoms. The summed E-state index contributed by atoms with van der Waals surface area (Å²) in [6, 6.07) is 72.9. The first kappa shape index (κ1) is 31.8. The predicted molar refractivity (Wildman–Crippen MR) is 223 cm³/mol. The summed E-state index contributed by atoms with van der Waals surface area (Å²) in [6.07, 6.45) is 0.385. The maximum absolute atomic E-state index is 6.53. The van der Waals surface area contributed by atoms with Gasteiger partial charge in [0.25, 0.3) is 0 Å². The van der Waals surface area contributed by atoms with Crippen molar-refractivity contribution < 1.29 is 4.74 Å². The lowest BCUT2D eigenvalue weighted by molar-refractivity contribution is 0.314. The Hall–Kier alpha value is -6.56.